The second kappa shape index (κ2) is 10.3. The number of nitrogens with zero attached hydrogens (tertiary/aromatic N) is 2. The number of carbonyl (C=O) groups excluding carboxylic acids is 1. The maximum Gasteiger partial charge on any atom is 0.222 e. The lowest BCUT2D eigenvalue weighted by molar-refractivity contribution is -0.129. The first-order chi connectivity index (χ1) is 11.7. The lowest BCUT2D eigenvalue weighted by Crippen LogP contribution is -2.45. The number of rotatable bonds is 8. The highest BCUT2D eigenvalue weighted by molar-refractivity contribution is 7.98. The van der Waals surface area contributed by atoms with Gasteiger partial charge in [0.05, 0.1) is 12.8 Å². The number of furan rings is 1. The Bertz CT molecular complexity index is 519. The summed E-state index contributed by atoms with van der Waals surface area (Å²) in [6, 6.07) is 4.15. The number of nitrogens with one attached hydrogen (secondary N) is 2. The number of amides is 1. The van der Waals surface area contributed by atoms with Crippen molar-refractivity contribution in [3.63, 3.8) is 0 Å². The number of hydrogen-bond donors (Lipinski definition) is 2. The summed E-state index contributed by atoms with van der Waals surface area (Å²) in [5.74, 6) is 3.01. The van der Waals surface area contributed by atoms with E-state index < -0.39 is 0 Å². The van der Waals surface area contributed by atoms with Gasteiger partial charge in [-0.2, -0.15) is 11.8 Å². The fourth-order valence-electron chi connectivity index (χ4n) is 2.68. The Labute approximate surface area is 148 Å². The van der Waals surface area contributed by atoms with Crippen molar-refractivity contribution in [3.05, 3.63) is 24.2 Å². The Morgan fingerprint density at radius 1 is 1.54 bits per heavy atom. The van der Waals surface area contributed by atoms with Crippen LogP contribution < -0.4 is 10.6 Å². The van der Waals surface area contributed by atoms with E-state index in [2.05, 4.69) is 21.9 Å². The highest BCUT2D eigenvalue weighted by atomic mass is 32.2. The quantitative estimate of drug-likeness (QED) is 0.424. The predicted molar refractivity (Wildman–Crippen MR) is 99.5 cm³/mol. The van der Waals surface area contributed by atoms with Crippen LogP contribution in [0.25, 0.3) is 0 Å². The zero-order chi connectivity index (χ0) is 17.2. The van der Waals surface area contributed by atoms with Gasteiger partial charge in [0.1, 0.15) is 5.76 Å². The first kappa shape index (κ1) is 18.7. The molecule has 1 aromatic heterocycles. The van der Waals surface area contributed by atoms with Crippen molar-refractivity contribution < 1.29 is 9.21 Å². The molecular formula is C17H28N4O2S. The van der Waals surface area contributed by atoms with Gasteiger partial charge in [-0.3, -0.25) is 9.79 Å². The van der Waals surface area contributed by atoms with Crippen molar-refractivity contribution in [2.24, 2.45) is 4.99 Å². The fraction of sp³-hybridized carbons (Fsp3) is 0.647. The summed E-state index contributed by atoms with van der Waals surface area (Å²) in [6.07, 6.45) is 6.13. The van der Waals surface area contributed by atoms with Crippen molar-refractivity contribution in [2.75, 3.05) is 38.2 Å². The molecule has 1 fully saturated rings. The van der Waals surface area contributed by atoms with Gasteiger partial charge in [-0.1, -0.05) is 6.92 Å². The monoisotopic (exact) mass is 352 g/mol. The van der Waals surface area contributed by atoms with Crippen LogP contribution in [0.3, 0.4) is 0 Å². The van der Waals surface area contributed by atoms with Gasteiger partial charge in [-0.25, -0.2) is 0 Å². The summed E-state index contributed by atoms with van der Waals surface area (Å²) in [5, 5.41) is 6.84. The molecule has 0 spiro atoms. The van der Waals surface area contributed by atoms with Crippen LogP contribution in [0.4, 0.5) is 0 Å². The lowest BCUT2D eigenvalue weighted by atomic mass is 10.3. The minimum atomic E-state index is 0.228. The SMILES string of the molecule is CCC(=O)N1CCC(NC(=NCCSC)NCCc2ccco2)C1. The third-order valence-corrected chi connectivity index (χ3v) is 4.58. The third kappa shape index (κ3) is 6.11. The van der Waals surface area contributed by atoms with Gasteiger partial charge in [0, 0.05) is 44.3 Å². The van der Waals surface area contributed by atoms with Crippen LogP contribution in [0.15, 0.2) is 27.8 Å². The highest BCUT2D eigenvalue weighted by Crippen LogP contribution is 2.10. The number of carbonyl (C=O) groups is 1. The number of aliphatic imine (C=N–C) groups is 1. The molecule has 1 aromatic rings. The van der Waals surface area contributed by atoms with Crippen LogP contribution in [0.1, 0.15) is 25.5 Å². The van der Waals surface area contributed by atoms with E-state index in [0.29, 0.717) is 6.42 Å². The minimum absolute atomic E-state index is 0.228. The minimum Gasteiger partial charge on any atom is -0.469 e. The van der Waals surface area contributed by atoms with Crippen LogP contribution in [-0.4, -0.2) is 61.0 Å². The lowest BCUT2D eigenvalue weighted by Gasteiger charge is -2.19. The van der Waals surface area contributed by atoms with E-state index >= 15 is 0 Å². The molecule has 24 heavy (non-hydrogen) atoms. The predicted octanol–water partition coefficient (Wildman–Crippen LogP) is 1.73. The Morgan fingerprint density at radius 3 is 3.12 bits per heavy atom. The maximum atomic E-state index is 11.8. The summed E-state index contributed by atoms with van der Waals surface area (Å²) in [5.41, 5.74) is 0. The van der Waals surface area contributed by atoms with Crippen molar-refractivity contribution in [2.45, 2.75) is 32.2 Å². The molecule has 0 aliphatic carbocycles. The summed E-state index contributed by atoms with van der Waals surface area (Å²) in [6.45, 7) is 5.04. The van der Waals surface area contributed by atoms with Gasteiger partial charge >= 0.3 is 0 Å². The van der Waals surface area contributed by atoms with Gasteiger partial charge in [-0.05, 0) is 24.8 Å². The molecule has 2 rings (SSSR count). The summed E-state index contributed by atoms with van der Waals surface area (Å²) in [4.78, 5) is 18.4. The molecule has 0 radical (unpaired) electrons. The third-order valence-electron chi connectivity index (χ3n) is 3.99. The van der Waals surface area contributed by atoms with E-state index in [1.165, 1.54) is 0 Å². The zero-order valence-electron chi connectivity index (χ0n) is 14.6. The number of hydrogen-bond acceptors (Lipinski definition) is 4. The van der Waals surface area contributed by atoms with Crippen LogP contribution in [0.5, 0.6) is 0 Å². The van der Waals surface area contributed by atoms with E-state index in [-0.39, 0.29) is 11.9 Å². The van der Waals surface area contributed by atoms with Crippen LogP contribution in [0, 0.1) is 0 Å². The average Bonchev–Trinajstić information content (AvgIpc) is 3.26. The smallest absolute Gasteiger partial charge is 0.222 e. The van der Waals surface area contributed by atoms with Gasteiger partial charge in [-0.15, -0.1) is 0 Å². The van der Waals surface area contributed by atoms with Gasteiger partial charge in [0.25, 0.3) is 0 Å². The molecular weight excluding hydrogens is 324 g/mol. The van der Waals surface area contributed by atoms with Crippen LogP contribution in [0.2, 0.25) is 0 Å². The second-order valence-electron chi connectivity index (χ2n) is 5.80. The Morgan fingerprint density at radius 2 is 2.42 bits per heavy atom. The molecule has 1 aliphatic rings. The van der Waals surface area contributed by atoms with E-state index in [0.717, 1.165) is 56.5 Å². The first-order valence-corrected chi connectivity index (χ1v) is 9.96. The Hall–Kier alpha value is -1.63. The molecule has 1 saturated heterocycles. The zero-order valence-corrected chi connectivity index (χ0v) is 15.4. The van der Waals surface area contributed by atoms with Crippen molar-refractivity contribution >= 4 is 23.6 Å². The maximum absolute atomic E-state index is 11.8. The molecule has 0 bridgehead atoms. The summed E-state index contributed by atoms with van der Waals surface area (Å²) >= 11 is 1.78. The molecule has 2 N–H and O–H groups in total. The molecule has 1 aliphatic heterocycles. The Balaban J connectivity index is 1.81. The number of thioether (sulfide) groups is 1. The Kier molecular flexibility index (Phi) is 8.01. The standard InChI is InChI=1S/C17H28N4O2S/c1-3-16(22)21-10-7-14(13-21)20-17(19-9-12-24-2)18-8-6-15-5-4-11-23-15/h4-5,11,14H,3,6-10,12-13H2,1-2H3,(H2,18,19,20). The molecule has 7 heteroatoms. The van der Waals surface area contributed by atoms with Gasteiger partial charge in [0.2, 0.25) is 5.91 Å². The molecule has 0 saturated carbocycles. The molecule has 0 aromatic carbocycles. The first-order valence-electron chi connectivity index (χ1n) is 8.57. The molecule has 1 unspecified atom stereocenters. The second-order valence-corrected chi connectivity index (χ2v) is 6.79. The molecule has 1 atom stereocenters. The van der Waals surface area contributed by atoms with Gasteiger partial charge < -0.3 is 20.0 Å². The number of likely N-dealkylation sites (tertiary alicyclic amines) is 1. The fourth-order valence-corrected chi connectivity index (χ4v) is 2.96. The van der Waals surface area contributed by atoms with Gasteiger partial charge in [0.15, 0.2) is 5.96 Å². The van der Waals surface area contributed by atoms with Crippen LogP contribution in [-0.2, 0) is 11.2 Å². The van der Waals surface area contributed by atoms with E-state index in [1.54, 1.807) is 18.0 Å². The topological polar surface area (TPSA) is 69.9 Å². The van der Waals surface area contributed by atoms with E-state index in [9.17, 15) is 4.79 Å². The molecule has 2 heterocycles. The van der Waals surface area contributed by atoms with Crippen molar-refractivity contribution in [3.8, 4) is 0 Å². The van der Waals surface area contributed by atoms with E-state index in [1.807, 2.05) is 24.0 Å². The van der Waals surface area contributed by atoms with Crippen LogP contribution >= 0.6 is 11.8 Å². The number of guanidine groups is 1. The molecule has 6 nitrogen and oxygen atoms in total. The normalized spacial score (nSPS) is 18.0. The van der Waals surface area contributed by atoms with Crippen molar-refractivity contribution in [1.82, 2.24) is 15.5 Å². The largest absolute Gasteiger partial charge is 0.469 e. The van der Waals surface area contributed by atoms with E-state index in [4.69, 9.17) is 4.42 Å². The molecule has 1 amide bonds. The highest BCUT2D eigenvalue weighted by Gasteiger charge is 2.25. The van der Waals surface area contributed by atoms with Crippen molar-refractivity contribution in [1.29, 1.82) is 0 Å². The summed E-state index contributed by atoms with van der Waals surface area (Å²) < 4.78 is 5.35. The molecule has 134 valence electrons. The average molecular weight is 353 g/mol. The summed E-state index contributed by atoms with van der Waals surface area (Å²) in [7, 11) is 0.